The molecule has 28 heavy (non-hydrogen) atoms. The van der Waals surface area contributed by atoms with E-state index < -0.39 is 5.97 Å². The van der Waals surface area contributed by atoms with Crippen molar-refractivity contribution in [3.63, 3.8) is 0 Å². The smallest absolute Gasteiger partial charge is 0.341 e. The summed E-state index contributed by atoms with van der Waals surface area (Å²) in [4.78, 5) is 24.3. The molecule has 0 saturated carbocycles. The van der Waals surface area contributed by atoms with E-state index in [1.165, 1.54) is 11.8 Å². The van der Waals surface area contributed by atoms with Gasteiger partial charge in [0.15, 0.2) is 0 Å². The number of nitrogens with zero attached hydrogens (tertiary/aromatic N) is 2. The number of esters is 1. The molecule has 6 heteroatoms. The Labute approximate surface area is 164 Å². The molecule has 0 bridgehead atoms. The molecule has 144 valence electrons. The quantitative estimate of drug-likeness (QED) is 0.666. The Hall–Kier alpha value is -3.41. The van der Waals surface area contributed by atoms with E-state index in [0.29, 0.717) is 30.0 Å². The van der Waals surface area contributed by atoms with Gasteiger partial charge in [-0.25, -0.2) is 9.48 Å². The fourth-order valence-corrected chi connectivity index (χ4v) is 2.82. The predicted octanol–water partition coefficient (Wildman–Crippen LogP) is 3.60. The van der Waals surface area contributed by atoms with Gasteiger partial charge in [-0.1, -0.05) is 29.8 Å². The molecule has 0 saturated heterocycles. The SMILES string of the molecule is CCOC(=O)c1cnn(-c2ccc(C(=O)NCc3ccc(C)cc3)cc2)c1C. The molecular formula is C22H23N3O3. The van der Waals surface area contributed by atoms with Gasteiger partial charge >= 0.3 is 5.97 Å². The van der Waals surface area contributed by atoms with E-state index in [1.54, 1.807) is 42.8 Å². The third-order valence-corrected chi connectivity index (χ3v) is 4.45. The van der Waals surface area contributed by atoms with Gasteiger partial charge < -0.3 is 10.1 Å². The lowest BCUT2D eigenvalue weighted by Crippen LogP contribution is -2.22. The van der Waals surface area contributed by atoms with Crippen molar-refractivity contribution in [3.05, 3.63) is 82.7 Å². The molecule has 0 aliphatic rings. The number of nitrogens with one attached hydrogen (secondary N) is 1. The molecule has 0 radical (unpaired) electrons. The summed E-state index contributed by atoms with van der Waals surface area (Å²) < 4.78 is 6.69. The summed E-state index contributed by atoms with van der Waals surface area (Å²) in [5.74, 6) is -0.533. The Kier molecular flexibility index (Phi) is 5.89. The molecule has 0 aliphatic carbocycles. The Morgan fingerprint density at radius 1 is 1.04 bits per heavy atom. The Morgan fingerprint density at radius 2 is 1.71 bits per heavy atom. The number of amides is 1. The predicted molar refractivity (Wildman–Crippen MR) is 107 cm³/mol. The van der Waals surface area contributed by atoms with Crippen LogP contribution in [0.3, 0.4) is 0 Å². The second-order valence-corrected chi connectivity index (χ2v) is 6.49. The molecule has 6 nitrogen and oxygen atoms in total. The summed E-state index contributed by atoms with van der Waals surface area (Å²) in [6.45, 7) is 6.39. The third kappa shape index (κ3) is 4.28. The van der Waals surface area contributed by atoms with Gasteiger partial charge in [-0.15, -0.1) is 0 Å². The van der Waals surface area contributed by atoms with Crippen molar-refractivity contribution in [3.8, 4) is 5.69 Å². The van der Waals surface area contributed by atoms with E-state index in [2.05, 4.69) is 10.4 Å². The fourth-order valence-electron chi connectivity index (χ4n) is 2.82. The van der Waals surface area contributed by atoms with E-state index in [-0.39, 0.29) is 5.91 Å². The van der Waals surface area contributed by atoms with Crippen LogP contribution in [-0.2, 0) is 11.3 Å². The van der Waals surface area contributed by atoms with Crippen LogP contribution in [0.4, 0.5) is 0 Å². The number of benzene rings is 2. The van der Waals surface area contributed by atoms with Gasteiger partial charge in [-0.3, -0.25) is 4.79 Å². The first-order valence-corrected chi connectivity index (χ1v) is 9.15. The number of aromatic nitrogens is 2. The highest BCUT2D eigenvalue weighted by Gasteiger charge is 2.16. The molecule has 2 aromatic carbocycles. The first-order chi connectivity index (χ1) is 13.5. The molecule has 0 fully saturated rings. The number of aryl methyl sites for hydroxylation is 1. The van der Waals surface area contributed by atoms with Crippen molar-refractivity contribution in [2.45, 2.75) is 27.3 Å². The van der Waals surface area contributed by atoms with Gasteiger partial charge in [-0.05, 0) is 50.6 Å². The Balaban J connectivity index is 1.68. The standard InChI is InChI=1S/C22H23N3O3/c1-4-28-22(27)20-14-24-25(16(20)3)19-11-9-18(10-12-19)21(26)23-13-17-7-5-15(2)6-8-17/h5-12,14H,4,13H2,1-3H3,(H,23,26). The average Bonchev–Trinajstić information content (AvgIpc) is 3.09. The van der Waals surface area contributed by atoms with Crippen LogP contribution in [0.15, 0.2) is 54.7 Å². The monoisotopic (exact) mass is 377 g/mol. The Morgan fingerprint density at radius 3 is 2.36 bits per heavy atom. The first-order valence-electron chi connectivity index (χ1n) is 9.15. The lowest BCUT2D eigenvalue weighted by atomic mass is 10.1. The molecular weight excluding hydrogens is 354 g/mol. The van der Waals surface area contributed by atoms with Gasteiger partial charge in [0.05, 0.1) is 24.2 Å². The molecule has 1 heterocycles. The summed E-state index contributed by atoms with van der Waals surface area (Å²) in [7, 11) is 0. The topological polar surface area (TPSA) is 73.2 Å². The molecule has 0 atom stereocenters. The van der Waals surface area contributed by atoms with Crippen molar-refractivity contribution in [2.75, 3.05) is 6.61 Å². The molecule has 1 N–H and O–H groups in total. The van der Waals surface area contributed by atoms with Crippen molar-refractivity contribution < 1.29 is 14.3 Å². The van der Waals surface area contributed by atoms with E-state index in [1.807, 2.05) is 31.2 Å². The largest absolute Gasteiger partial charge is 0.462 e. The average molecular weight is 377 g/mol. The number of hydrogen-bond donors (Lipinski definition) is 1. The maximum Gasteiger partial charge on any atom is 0.341 e. The van der Waals surface area contributed by atoms with E-state index in [4.69, 9.17) is 4.74 Å². The lowest BCUT2D eigenvalue weighted by molar-refractivity contribution is 0.0525. The highest BCUT2D eigenvalue weighted by atomic mass is 16.5. The summed E-state index contributed by atoms with van der Waals surface area (Å²) >= 11 is 0. The van der Waals surface area contributed by atoms with Crippen LogP contribution in [-0.4, -0.2) is 28.3 Å². The van der Waals surface area contributed by atoms with Gasteiger partial charge in [0, 0.05) is 12.1 Å². The van der Waals surface area contributed by atoms with Crippen LogP contribution in [0.1, 0.15) is 44.5 Å². The number of rotatable bonds is 6. The third-order valence-electron chi connectivity index (χ3n) is 4.45. The zero-order valence-electron chi connectivity index (χ0n) is 16.2. The van der Waals surface area contributed by atoms with Crippen molar-refractivity contribution in [1.29, 1.82) is 0 Å². The number of carbonyl (C=O) groups is 2. The maximum absolute atomic E-state index is 12.4. The van der Waals surface area contributed by atoms with Crippen molar-refractivity contribution in [2.24, 2.45) is 0 Å². The minimum Gasteiger partial charge on any atom is -0.462 e. The molecule has 0 unspecified atom stereocenters. The van der Waals surface area contributed by atoms with Gasteiger partial charge in [0.1, 0.15) is 5.56 Å². The highest BCUT2D eigenvalue weighted by Crippen LogP contribution is 2.16. The number of carbonyl (C=O) groups excluding carboxylic acids is 2. The van der Waals surface area contributed by atoms with Crippen LogP contribution in [0.5, 0.6) is 0 Å². The molecule has 1 amide bonds. The van der Waals surface area contributed by atoms with Crippen LogP contribution in [0.25, 0.3) is 5.69 Å². The number of ether oxygens (including phenoxy) is 1. The Bertz CT molecular complexity index is 973. The summed E-state index contributed by atoms with van der Waals surface area (Å²) in [6, 6.07) is 15.1. The van der Waals surface area contributed by atoms with Crippen LogP contribution >= 0.6 is 0 Å². The van der Waals surface area contributed by atoms with Crippen LogP contribution in [0, 0.1) is 13.8 Å². The second-order valence-electron chi connectivity index (χ2n) is 6.49. The molecule has 0 spiro atoms. The molecule has 3 aromatic rings. The summed E-state index contributed by atoms with van der Waals surface area (Å²) in [5, 5.41) is 7.18. The van der Waals surface area contributed by atoms with Gasteiger partial charge in [0.25, 0.3) is 5.91 Å². The minimum absolute atomic E-state index is 0.142. The van der Waals surface area contributed by atoms with E-state index in [9.17, 15) is 9.59 Å². The summed E-state index contributed by atoms with van der Waals surface area (Å²) in [6.07, 6.45) is 1.50. The van der Waals surface area contributed by atoms with E-state index >= 15 is 0 Å². The molecule has 0 aliphatic heterocycles. The lowest BCUT2D eigenvalue weighted by Gasteiger charge is -2.08. The second kappa shape index (κ2) is 8.52. The zero-order chi connectivity index (χ0) is 20.1. The van der Waals surface area contributed by atoms with Crippen molar-refractivity contribution >= 4 is 11.9 Å². The minimum atomic E-state index is -0.390. The first kappa shape index (κ1) is 19.4. The van der Waals surface area contributed by atoms with Gasteiger partial charge in [-0.2, -0.15) is 5.10 Å². The van der Waals surface area contributed by atoms with Crippen molar-refractivity contribution in [1.82, 2.24) is 15.1 Å². The maximum atomic E-state index is 12.4. The van der Waals surface area contributed by atoms with Gasteiger partial charge in [0.2, 0.25) is 0 Å². The molecule has 1 aromatic heterocycles. The van der Waals surface area contributed by atoms with Crippen LogP contribution < -0.4 is 5.32 Å². The fraction of sp³-hybridized carbons (Fsp3) is 0.227. The summed E-state index contributed by atoms with van der Waals surface area (Å²) in [5.41, 5.74) is 4.69. The zero-order valence-corrected chi connectivity index (χ0v) is 16.2. The van der Waals surface area contributed by atoms with Crippen LogP contribution in [0.2, 0.25) is 0 Å². The van der Waals surface area contributed by atoms with E-state index in [0.717, 1.165) is 11.3 Å². The normalized spacial score (nSPS) is 10.5. The highest BCUT2D eigenvalue weighted by molar-refractivity contribution is 5.94. The molecule has 3 rings (SSSR count). The number of hydrogen-bond acceptors (Lipinski definition) is 4.